The smallest absolute Gasteiger partial charge is 0.0795 e. The summed E-state index contributed by atoms with van der Waals surface area (Å²) in [6.07, 6.45) is 2.37. The second-order valence-corrected chi connectivity index (χ2v) is 5.31. The van der Waals surface area contributed by atoms with Gasteiger partial charge in [-0.15, -0.1) is 11.3 Å². The average molecular weight is 244 g/mol. The first-order valence-electron chi connectivity index (χ1n) is 6.01. The number of nitrogens with zero attached hydrogens (tertiary/aromatic N) is 1. The number of hydrogen-bond acceptors (Lipinski definition) is 3. The van der Waals surface area contributed by atoms with Gasteiger partial charge in [0.25, 0.3) is 0 Å². The average Bonchev–Trinajstić information content (AvgIpc) is 2.84. The minimum absolute atomic E-state index is 0.389. The first-order chi connectivity index (χ1) is 8.38. The third-order valence-electron chi connectivity index (χ3n) is 3.64. The largest absolute Gasteiger partial charge is 0.312 e. The molecule has 1 aliphatic rings. The molecule has 2 nitrogen and oxygen atoms in total. The lowest BCUT2D eigenvalue weighted by Crippen LogP contribution is -2.25. The molecule has 3 rings (SSSR count). The Hall–Kier alpha value is -1.19. The van der Waals surface area contributed by atoms with Crippen LogP contribution in [0.1, 0.15) is 35.2 Å². The molecule has 88 valence electrons. The molecule has 1 N–H and O–H groups in total. The van der Waals surface area contributed by atoms with E-state index in [2.05, 4.69) is 39.9 Å². The molecule has 0 amide bonds. The summed E-state index contributed by atoms with van der Waals surface area (Å²) < 4.78 is 0. The maximum atomic E-state index is 4.41. The summed E-state index contributed by atoms with van der Waals surface area (Å²) in [5.74, 6) is 0.699. The Bertz CT molecular complexity index is 493. The number of hydrogen-bond donors (Lipinski definition) is 1. The molecule has 1 aliphatic carbocycles. The highest BCUT2D eigenvalue weighted by Gasteiger charge is 2.28. The second-order valence-electron chi connectivity index (χ2n) is 4.59. The third kappa shape index (κ3) is 2.01. The van der Waals surface area contributed by atoms with E-state index in [4.69, 9.17) is 0 Å². The van der Waals surface area contributed by atoms with Gasteiger partial charge in [-0.25, -0.2) is 4.98 Å². The fourth-order valence-electron chi connectivity index (χ4n) is 2.64. The normalized spacial score (nSPS) is 19.5. The molecule has 2 unspecified atom stereocenters. The van der Waals surface area contributed by atoms with Crippen LogP contribution < -0.4 is 5.32 Å². The monoisotopic (exact) mass is 244 g/mol. The van der Waals surface area contributed by atoms with Crippen molar-refractivity contribution in [1.82, 2.24) is 10.3 Å². The fourth-order valence-corrected chi connectivity index (χ4v) is 3.25. The molecule has 1 aromatic heterocycles. The van der Waals surface area contributed by atoms with Crippen LogP contribution in [0.2, 0.25) is 0 Å². The molecule has 2 atom stereocenters. The zero-order chi connectivity index (χ0) is 11.7. The number of benzene rings is 1. The van der Waals surface area contributed by atoms with Gasteiger partial charge < -0.3 is 5.32 Å². The highest BCUT2D eigenvalue weighted by molar-refractivity contribution is 7.07. The molecule has 1 heterocycles. The fraction of sp³-hybridized carbons (Fsp3) is 0.357. The lowest BCUT2D eigenvalue weighted by molar-refractivity contribution is 0.446. The van der Waals surface area contributed by atoms with Crippen molar-refractivity contribution >= 4 is 11.3 Å². The standard InChI is InChI=1S/C14H16N2S/c1-15-13(14-8-17-9-16-14)7-11-6-10-4-2-3-5-12(10)11/h2-5,8-9,11,13,15H,6-7H2,1H3. The summed E-state index contributed by atoms with van der Waals surface area (Å²) in [6.45, 7) is 0. The van der Waals surface area contributed by atoms with Crippen LogP contribution in [0.15, 0.2) is 35.2 Å². The molecule has 0 radical (unpaired) electrons. The molecule has 0 spiro atoms. The van der Waals surface area contributed by atoms with E-state index in [1.165, 1.54) is 23.2 Å². The van der Waals surface area contributed by atoms with Crippen LogP contribution >= 0.6 is 11.3 Å². The highest BCUT2D eigenvalue weighted by atomic mass is 32.1. The van der Waals surface area contributed by atoms with Gasteiger partial charge in [0.1, 0.15) is 0 Å². The SMILES string of the molecule is CNC(CC1Cc2ccccc21)c1cscn1. The van der Waals surface area contributed by atoms with Crippen LogP contribution in [0.5, 0.6) is 0 Å². The molecular weight excluding hydrogens is 228 g/mol. The molecule has 0 aliphatic heterocycles. The summed E-state index contributed by atoms with van der Waals surface area (Å²) in [6, 6.07) is 9.16. The molecule has 2 aromatic rings. The van der Waals surface area contributed by atoms with Gasteiger partial charge in [-0.3, -0.25) is 0 Å². The van der Waals surface area contributed by atoms with E-state index in [1.807, 2.05) is 12.6 Å². The lowest BCUT2D eigenvalue weighted by Gasteiger charge is -2.32. The van der Waals surface area contributed by atoms with Gasteiger partial charge in [-0.05, 0) is 36.9 Å². The van der Waals surface area contributed by atoms with Gasteiger partial charge in [0.15, 0.2) is 0 Å². The molecule has 0 bridgehead atoms. The van der Waals surface area contributed by atoms with Crippen LogP contribution in [0.3, 0.4) is 0 Å². The second kappa shape index (κ2) is 4.59. The predicted octanol–water partition coefficient (Wildman–Crippen LogP) is 3.13. The van der Waals surface area contributed by atoms with Crippen LogP contribution in [-0.4, -0.2) is 12.0 Å². The summed E-state index contributed by atoms with van der Waals surface area (Å²) in [5, 5.41) is 5.52. The van der Waals surface area contributed by atoms with Crippen molar-refractivity contribution in [1.29, 1.82) is 0 Å². The molecule has 0 saturated heterocycles. The van der Waals surface area contributed by atoms with Gasteiger partial charge in [-0.1, -0.05) is 24.3 Å². The van der Waals surface area contributed by atoms with Gasteiger partial charge in [-0.2, -0.15) is 0 Å². The Labute approximate surface area is 106 Å². The number of thiazole rings is 1. The Morgan fingerprint density at radius 3 is 3.06 bits per heavy atom. The van der Waals surface area contributed by atoms with E-state index in [0.29, 0.717) is 12.0 Å². The highest BCUT2D eigenvalue weighted by Crippen LogP contribution is 2.40. The van der Waals surface area contributed by atoms with Crippen molar-refractivity contribution in [3.05, 3.63) is 52.0 Å². The first kappa shape index (κ1) is 10.9. The zero-order valence-electron chi connectivity index (χ0n) is 9.89. The maximum Gasteiger partial charge on any atom is 0.0795 e. The summed E-state index contributed by atoms with van der Waals surface area (Å²) in [7, 11) is 2.02. The molecule has 17 heavy (non-hydrogen) atoms. The van der Waals surface area contributed by atoms with Crippen molar-refractivity contribution in [3.63, 3.8) is 0 Å². The van der Waals surface area contributed by atoms with Crippen LogP contribution in [0, 0.1) is 0 Å². The number of fused-ring (bicyclic) bond motifs is 1. The maximum absolute atomic E-state index is 4.41. The van der Waals surface area contributed by atoms with Crippen LogP contribution in [0.25, 0.3) is 0 Å². The van der Waals surface area contributed by atoms with Crippen molar-refractivity contribution < 1.29 is 0 Å². The van der Waals surface area contributed by atoms with E-state index in [0.717, 1.165) is 6.42 Å². The minimum Gasteiger partial charge on any atom is -0.312 e. The lowest BCUT2D eigenvalue weighted by atomic mass is 9.74. The van der Waals surface area contributed by atoms with Crippen molar-refractivity contribution in [3.8, 4) is 0 Å². The van der Waals surface area contributed by atoms with Crippen LogP contribution in [0.4, 0.5) is 0 Å². The van der Waals surface area contributed by atoms with Crippen molar-refractivity contribution in [2.24, 2.45) is 0 Å². The van der Waals surface area contributed by atoms with Crippen LogP contribution in [-0.2, 0) is 6.42 Å². The molecule has 0 fully saturated rings. The topological polar surface area (TPSA) is 24.9 Å². The van der Waals surface area contributed by atoms with Gasteiger partial charge in [0, 0.05) is 5.38 Å². The quantitative estimate of drug-likeness (QED) is 0.893. The minimum atomic E-state index is 0.389. The number of aromatic nitrogens is 1. The molecular formula is C14H16N2S. The molecule has 3 heteroatoms. The summed E-state index contributed by atoms with van der Waals surface area (Å²) in [5.41, 5.74) is 6.14. The third-order valence-corrected chi connectivity index (χ3v) is 4.24. The van der Waals surface area contributed by atoms with Crippen molar-refractivity contribution in [2.75, 3.05) is 7.05 Å². The Morgan fingerprint density at radius 2 is 2.35 bits per heavy atom. The molecule has 0 saturated carbocycles. The van der Waals surface area contributed by atoms with E-state index < -0.39 is 0 Å². The predicted molar refractivity (Wildman–Crippen MR) is 71.4 cm³/mol. The van der Waals surface area contributed by atoms with E-state index >= 15 is 0 Å². The molecule has 1 aromatic carbocycles. The van der Waals surface area contributed by atoms with Gasteiger partial charge in [0.05, 0.1) is 17.2 Å². The van der Waals surface area contributed by atoms with Crippen molar-refractivity contribution in [2.45, 2.75) is 24.8 Å². The van der Waals surface area contributed by atoms with E-state index in [1.54, 1.807) is 11.3 Å². The number of rotatable bonds is 4. The van der Waals surface area contributed by atoms with Gasteiger partial charge in [0.2, 0.25) is 0 Å². The van der Waals surface area contributed by atoms with E-state index in [-0.39, 0.29) is 0 Å². The Balaban J connectivity index is 1.73. The summed E-state index contributed by atoms with van der Waals surface area (Å²) in [4.78, 5) is 4.41. The Kier molecular flexibility index (Phi) is 2.95. The summed E-state index contributed by atoms with van der Waals surface area (Å²) >= 11 is 1.67. The van der Waals surface area contributed by atoms with Gasteiger partial charge >= 0.3 is 0 Å². The van der Waals surface area contributed by atoms with E-state index in [9.17, 15) is 0 Å². The number of nitrogens with one attached hydrogen (secondary N) is 1. The first-order valence-corrected chi connectivity index (χ1v) is 6.96. The Morgan fingerprint density at radius 1 is 1.47 bits per heavy atom. The zero-order valence-corrected chi connectivity index (χ0v) is 10.7.